The minimum absolute atomic E-state index is 0.618. The fraction of sp³-hybridized carbons (Fsp3) is 0.500. The van der Waals surface area contributed by atoms with E-state index in [4.69, 9.17) is 21.9 Å². The number of aromatic nitrogens is 2. The molecule has 0 amide bonds. The molecule has 1 aromatic carbocycles. The number of hydrogen-bond donors (Lipinski definition) is 1. The highest BCUT2D eigenvalue weighted by molar-refractivity contribution is 6.30. The molecular formula is C16H22ClN3O. The van der Waals surface area contributed by atoms with Crippen LogP contribution in [0.1, 0.15) is 38.5 Å². The molecule has 2 N–H and O–H groups in total. The van der Waals surface area contributed by atoms with Crippen molar-refractivity contribution in [1.29, 1.82) is 0 Å². The first kappa shape index (κ1) is 16.0. The molecule has 0 aliphatic rings. The molecule has 1 atom stereocenters. The van der Waals surface area contributed by atoms with Crippen molar-refractivity contribution in [3.63, 3.8) is 0 Å². The van der Waals surface area contributed by atoms with Crippen LogP contribution in [-0.4, -0.2) is 16.7 Å². The lowest BCUT2D eigenvalue weighted by Crippen LogP contribution is -2.09. The fourth-order valence-electron chi connectivity index (χ4n) is 2.48. The second-order valence-corrected chi connectivity index (χ2v) is 5.73. The Bertz CT molecular complexity index is 533. The van der Waals surface area contributed by atoms with Crippen molar-refractivity contribution in [3.8, 4) is 11.4 Å². The Labute approximate surface area is 130 Å². The molecule has 0 fully saturated rings. The zero-order chi connectivity index (χ0) is 15.1. The summed E-state index contributed by atoms with van der Waals surface area (Å²) >= 11 is 5.87. The van der Waals surface area contributed by atoms with E-state index in [2.05, 4.69) is 17.1 Å². The molecule has 0 aliphatic heterocycles. The highest BCUT2D eigenvalue weighted by Gasteiger charge is 2.12. The van der Waals surface area contributed by atoms with Crippen molar-refractivity contribution in [2.45, 2.75) is 39.0 Å². The molecule has 2 aromatic rings. The first-order valence-corrected chi connectivity index (χ1v) is 7.89. The van der Waals surface area contributed by atoms with Gasteiger partial charge in [-0.3, -0.25) is 0 Å². The van der Waals surface area contributed by atoms with Crippen LogP contribution in [0.15, 0.2) is 28.8 Å². The van der Waals surface area contributed by atoms with Gasteiger partial charge >= 0.3 is 0 Å². The summed E-state index contributed by atoms with van der Waals surface area (Å²) in [6, 6.07) is 7.44. The van der Waals surface area contributed by atoms with Gasteiger partial charge in [0.2, 0.25) is 11.7 Å². The van der Waals surface area contributed by atoms with E-state index in [1.54, 1.807) is 0 Å². The van der Waals surface area contributed by atoms with Gasteiger partial charge in [0.15, 0.2) is 0 Å². The number of rotatable bonds is 8. The molecule has 1 heterocycles. The highest BCUT2D eigenvalue weighted by Crippen LogP contribution is 2.21. The SMILES string of the molecule is CCCC(CCN)CCc1nc(-c2ccc(Cl)cc2)no1. The molecule has 0 saturated heterocycles. The highest BCUT2D eigenvalue weighted by atomic mass is 35.5. The van der Waals surface area contributed by atoms with Gasteiger partial charge in [-0.2, -0.15) is 4.98 Å². The zero-order valence-electron chi connectivity index (χ0n) is 12.4. The molecule has 0 aliphatic carbocycles. The molecule has 0 radical (unpaired) electrons. The summed E-state index contributed by atoms with van der Waals surface area (Å²) in [6.07, 6.45) is 5.31. The molecular weight excluding hydrogens is 286 g/mol. The van der Waals surface area contributed by atoms with Gasteiger partial charge < -0.3 is 10.3 Å². The van der Waals surface area contributed by atoms with Crippen molar-refractivity contribution in [1.82, 2.24) is 10.1 Å². The van der Waals surface area contributed by atoms with E-state index in [-0.39, 0.29) is 0 Å². The predicted octanol–water partition coefficient (Wildman–Crippen LogP) is 4.09. The van der Waals surface area contributed by atoms with Crippen molar-refractivity contribution < 1.29 is 4.52 Å². The van der Waals surface area contributed by atoms with Crippen LogP contribution in [0.4, 0.5) is 0 Å². The number of aryl methyl sites for hydroxylation is 1. The third kappa shape index (κ3) is 4.83. The Hall–Kier alpha value is -1.39. The average molecular weight is 308 g/mol. The number of nitrogens with two attached hydrogens (primary N) is 1. The topological polar surface area (TPSA) is 64.9 Å². The van der Waals surface area contributed by atoms with Crippen LogP contribution < -0.4 is 5.73 Å². The summed E-state index contributed by atoms with van der Waals surface area (Å²) < 4.78 is 5.33. The van der Waals surface area contributed by atoms with E-state index in [0.29, 0.717) is 22.7 Å². The lowest BCUT2D eigenvalue weighted by atomic mass is 9.94. The molecule has 5 heteroatoms. The first-order valence-electron chi connectivity index (χ1n) is 7.51. The van der Waals surface area contributed by atoms with Crippen LogP contribution in [-0.2, 0) is 6.42 Å². The van der Waals surface area contributed by atoms with Crippen LogP contribution in [0.3, 0.4) is 0 Å². The van der Waals surface area contributed by atoms with Gasteiger partial charge in [0.25, 0.3) is 0 Å². The van der Waals surface area contributed by atoms with Gasteiger partial charge in [-0.05, 0) is 49.6 Å². The molecule has 1 unspecified atom stereocenters. The van der Waals surface area contributed by atoms with E-state index in [9.17, 15) is 0 Å². The largest absolute Gasteiger partial charge is 0.339 e. The summed E-state index contributed by atoms with van der Waals surface area (Å²) in [5, 5.41) is 4.73. The summed E-state index contributed by atoms with van der Waals surface area (Å²) in [5.41, 5.74) is 6.58. The third-order valence-electron chi connectivity index (χ3n) is 3.61. The Morgan fingerprint density at radius 3 is 2.62 bits per heavy atom. The molecule has 0 spiro atoms. The maximum atomic E-state index is 5.87. The van der Waals surface area contributed by atoms with Gasteiger partial charge in [-0.1, -0.05) is 36.5 Å². The van der Waals surface area contributed by atoms with Gasteiger partial charge in [-0.25, -0.2) is 0 Å². The van der Waals surface area contributed by atoms with E-state index in [1.807, 2.05) is 24.3 Å². The van der Waals surface area contributed by atoms with Gasteiger partial charge in [0.05, 0.1) is 0 Å². The van der Waals surface area contributed by atoms with Crippen molar-refractivity contribution >= 4 is 11.6 Å². The minimum Gasteiger partial charge on any atom is -0.339 e. The van der Waals surface area contributed by atoms with E-state index in [0.717, 1.165) is 31.4 Å². The fourth-order valence-corrected chi connectivity index (χ4v) is 2.60. The predicted molar refractivity (Wildman–Crippen MR) is 85.1 cm³/mol. The maximum absolute atomic E-state index is 5.87. The standard InChI is InChI=1S/C16H22ClN3O/c1-2-3-12(10-11-18)4-9-15-19-16(20-21-15)13-5-7-14(17)8-6-13/h5-8,12H,2-4,9-11,18H2,1H3. The summed E-state index contributed by atoms with van der Waals surface area (Å²) in [7, 11) is 0. The quantitative estimate of drug-likeness (QED) is 0.797. The summed E-state index contributed by atoms with van der Waals surface area (Å²) in [4.78, 5) is 4.45. The first-order chi connectivity index (χ1) is 10.2. The van der Waals surface area contributed by atoms with Crippen molar-refractivity contribution in [2.24, 2.45) is 11.7 Å². The van der Waals surface area contributed by atoms with E-state index >= 15 is 0 Å². The molecule has 0 saturated carbocycles. The Balaban J connectivity index is 1.95. The van der Waals surface area contributed by atoms with E-state index < -0.39 is 0 Å². The molecule has 4 nitrogen and oxygen atoms in total. The minimum atomic E-state index is 0.618. The second kappa shape index (κ2) is 8.15. The van der Waals surface area contributed by atoms with Gasteiger partial charge in [-0.15, -0.1) is 0 Å². The Morgan fingerprint density at radius 1 is 1.19 bits per heavy atom. The molecule has 2 rings (SSSR count). The van der Waals surface area contributed by atoms with Gasteiger partial charge in [0, 0.05) is 17.0 Å². The van der Waals surface area contributed by atoms with Crippen LogP contribution in [0.25, 0.3) is 11.4 Å². The molecule has 0 bridgehead atoms. The second-order valence-electron chi connectivity index (χ2n) is 5.29. The van der Waals surface area contributed by atoms with Crippen molar-refractivity contribution in [2.75, 3.05) is 6.54 Å². The zero-order valence-corrected chi connectivity index (χ0v) is 13.1. The summed E-state index contributed by atoms with van der Waals surface area (Å²) in [6.45, 7) is 2.94. The molecule has 114 valence electrons. The third-order valence-corrected chi connectivity index (χ3v) is 3.86. The lowest BCUT2D eigenvalue weighted by Gasteiger charge is -2.13. The lowest BCUT2D eigenvalue weighted by molar-refractivity contribution is 0.349. The number of hydrogen-bond acceptors (Lipinski definition) is 4. The average Bonchev–Trinajstić information content (AvgIpc) is 2.95. The Kier molecular flexibility index (Phi) is 6.21. The maximum Gasteiger partial charge on any atom is 0.226 e. The number of benzene rings is 1. The monoisotopic (exact) mass is 307 g/mol. The number of halogens is 1. The normalized spacial score (nSPS) is 12.5. The van der Waals surface area contributed by atoms with Gasteiger partial charge in [0.1, 0.15) is 0 Å². The Morgan fingerprint density at radius 2 is 1.95 bits per heavy atom. The molecule has 21 heavy (non-hydrogen) atoms. The summed E-state index contributed by atoms with van der Waals surface area (Å²) in [5.74, 6) is 1.96. The smallest absolute Gasteiger partial charge is 0.226 e. The van der Waals surface area contributed by atoms with Crippen LogP contribution in [0.5, 0.6) is 0 Å². The van der Waals surface area contributed by atoms with Crippen LogP contribution in [0, 0.1) is 5.92 Å². The van der Waals surface area contributed by atoms with E-state index in [1.165, 1.54) is 12.8 Å². The van der Waals surface area contributed by atoms with Crippen molar-refractivity contribution in [3.05, 3.63) is 35.2 Å². The molecule has 1 aromatic heterocycles. The van der Waals surface area contributed by atoms with Crippen LogP contribution >= 0.6 is 11.6 Å². The van der Waals surface area contributed by atoms with Crippen LogP contribution in [0.2, 0.25) is 5.02 Å². The number of nitrogens with zero attached hydrogens (tertiary/aromatic N) is 2.